The monoisotopic (exact) mass is 217 g/mol. The van der Waals surface area contributed by atoms with Crippen molar-refractivity contribution in [3.63, 3.8) is 0 Å². The van der Waals surface area contributed by atoms with Crippen LogP contribution in [-0.4, -0.2) is 33.1 Å². The molecule has 0 aliphatic carbocycles. The minimum atomic E-state index is -0.127. The third-order valence-electron chi connectivity index (χ3n) is 2.58. The second-order valence-electron chi connectivity index (χ2n) is 4.54. The van der Waals surface area contributed by atoms with Crippen LogP contribution in [0.25, 0.3) is 0 Å². The highest BCUT2D eigenvalue weighted by Crippen LogP contribution is 2.08. The molecule has 0 aliphatic rings. The fraction of sp³-hybridized carbons (Fsp3) is 1.00. The number of nitrogens with one attached hydrogen (secondary N) is 1. The summed E-state index contributed by atoms with van der Waals surface area (Å²) in [4.78, 5) is 0. The van der Waals surface area contributed by atoms with Gasteiger partial charge < -0.3 is 14.8 Å². The molecule has 0 rings (SSSR count). The maximum Gasteiger partial charge on any atom is 0.169 e. The molecule has 0 amide bonds. The topological polar surface area (TPSA) is 30.5 Å². The quantitative estimate of drug-likeness (QED) is 0.602. The molecule has 3 nitrogen and oxygen atoms in total. The van der Waals surface area contributed by atoms with E-state index in [-0.39, 0.29) is 6.29 Å². The van der Waals surface area contributed by atoms with Crippen LogP contribution >= 0.6 is 0 Å². The first-order chi connectivity index (χ1) is 7.10. The van der Waals surface area contributed by atoms with Gasteiger partial charge in [0.25, 0.3) is 0 Å². The van der Waals surface area contributed by atoms with Crippen molar-refractivity contribution in [2.75, 3.05) is 20.8 Å². The highest BCUT2D eigenvalue weighted by atomic mass is 16.7. The first-order valence-corrected chi connectivity index (χ1v) is 5.89. The van der Waals surface area contributed by atoms with Crippen molar-refractivity contribution in [2.45, 2.75) is 52.4 Å². The van der Waals surface area contributed by atoms with Gasteiger partial charge in [-0.05, 0) is 19.3 Å². The Balaban J connectivity index is 3.43. The van der Waals surface area contributed by atoms with Crippen molar-refractivity contribution in [1.82, 2.24) is 5.32 Å². The molecule has 1 N–H and O–H groups in total. The van der Waals surface area contributed by atoms with Crippen LogP contribution in [0.1, 0.15) is 40.0 Å². The Bertz CT molecular complexity index is 136. The molecular formula is C12H27NO2. The summed E-state index contributed by atoms with van der Waals surface area (Å²) in [5.74, 6) is 0.808. The Morgan fingerprint density at radius 2 is 1.60 bits per heavy atom. The molecule has 0 spiro atoms. The smallest absolute Gasteiger partial charge is 0.169 e. The maximum atomic E-state index is 5.11. The zero-order valence-corrected chi connectivity index (χ0v) is 10.9. The first-order valence-electron chi connectivity index (χ1n) is 5.89. The zero-order chi connectivity index (χ0) is 11.7. The predicted molar refractivity (Wildman–Crippen MR) is 64.0 cm³/mol. The van der Waals surface area contributed by atoms with Gasteiger partial charge in [-0.2, -0.15) is 0 Å². The van der Waals surface area contributed by atoms with E-state index in [4.69, 9.17) is 9.47 Å². The highest BCUT2D eigenvalue weighted by Gasteiger charge is 2.07. The van der Waals surface area contributed by atoms with Gasteiger partial charge in [-0.25, -0.2) is 0 Å². The summed E-state index contributed by atoms with van der Waals surface area (Å²) < 4.78 is 10.2. The zero-order valence-electron chi connectivity index (χ0n) is 10.9. The predicted octanol–water partition coefficient (Wildman–Crippen LogP) is 2.41. The Labute approximate surface area is 94.5 Å². The third kappa shape index (κ3) is 8.85. The van der Waals surface area contributed by atoms with E-state index in [1.54, 1.807) is 14.2 Å². The summed E-state index contributed by atoms with van der Waals surface area (Å²) in [7, 11) is 3.33. The molecule has 0 bridgehead atoms. The summed E-state index contributed by atoms with van der Waals surface area (Å²) in [6.45, 7) is 7.51. The van der Waals surface area contributed by atoms with E-state index in [0.717, 1.165) is 12.5 Å². The van der Waals surface area contributed by atoms with Crippen molar-refractivity contribution in [3.05, 3.63) is 0 Å². The molecule has 0 saturated heterocycles. The van der Waals surface area contributed by atoms with Crippen LogP contribution in [0.3, 0.4) is 0 Å². The summed E-state index contributed by atoms with van der Waals surface area (Å²) in [6.07, 6.45) is 3.69. The lowest BCUT2D eigenvalue weighted by molar-refractivity contribution is -0.0997. The van der Waals surface area contributed by atoms with Crippen molar-refractivity contribution in [2.24, 2.45) is 5.92 Å². The number of methoxy groups -OCH3 is 2. The lowest BCUT2D eigenvalue weighted by atomic mass is 10.0. The summed E-state index contributed by atoms with van der Waals surface area (Å²) in [5, 5.41) is 3.41. The van der Waals surface area contributed by atoms with E-state index in [2.05, 4.69) is 26.1 Å². The standard InChI is InChI=1S/C12H27NO2/c1-10(2)7-6-8-11(3)13-9-12(14-4)15-5/h10-13H,6-9H2,1-5H3. The van der Waals surface area contributed by atoms with Gasteiger partial charge in [-0.15, -0.1) is 0 Å². The molecule has 0 aromatic heterocycles. The number of rotatable bonds is 9. The minimum absolute atomic E-state index is 0.127. The molecule has 0 aromatic carbocycles. The van der Waals surface area contributed by atoms with Crippen LogP contribution in [0.5, 0.6) is 0 Å². The molecule has 15 heavy (non-hydrogen) atoms. The molecule has 0 aliphatic heterocycles. The van der Waals surface area contributed by atoms with Crippen LogP contribution < -0.4 is 5.32 Å². The largest absolute Gasteiger partial charge is 0.355 e. The van der Waals surface area contributed by atoms with Gasteiger partial charge in [0.1, 0.15) is 0 Å². The van der Waals surface area contributed by atoms with Gasteiger partial charge in [0.15, 0.2) is 6.29 Å². The third-order valence-corrected chi connectivity index (χ3v) is 2.58. The fourth-order valence-electron chi connectivity index (χ4n) is 1.49. The fourth-order valence-corrected chi connectivity index (χ4v) is 1.49. The van der Waals surface area contributed by atoms with Crippen LogP contribution in [0.15, 0.2) is 0 Å². The van der Waals surface area contributed by atoms with E-state index < -0.39 is 0 Å². The van der Waals surface area contributed by atoms with E-state index in [9.17, 15) is 0 Å². The van der Waals surface area contributed by atoms with Gasteiger partial charge in [-0.3, -0.25) is 0 Å². The van der Waals surface area contributed by atoms with Gasteiger partial charge in [0.2, 0.25) is 0 Å². The van der Waals surface area contributed by atoms with Crippen molar-refractivity contribution >= 4 is 0 Å². The Kier molecular flexibility index (Phi) is 9.06. The molecule has 1 atom stereocenters. The van der Waals surface area contributed by atoms with Crippen LogP contribution in [-0.2, 0) is 9.47 Å². The van der Waals surface area contributed by atoms with E-state index >= 15 is 0 Å². The van der Waals surface area contributed by atoms with Gasteiger partial charge in [0, 0.05) is 26.8 Å². The molecule has 0 radical (unpaired) electrons. The van der Waals surface area contributed by atoms with Crippen molar-refractivity contribution < 1.29 is 9.47 Å². The number of hydrogen-bond acceptors (Lipinski definition) is 3. The SMILES string of the molecule is COC(CNC(C)CCCC(C)C)OC. The number of ether oxygens (including phenoxy) is 2. The minimum Gasteiger partial charge on any atom is -0.355 e. The average Bonchev–Trinajstić information content (AvgIpc) is 2.18. The van der Waals surface area contributed by atoms with Crippen LogP contribution in [0.4, 0.5) is 0 Å². The molecular weight excluding hydrogens is 190 g/mol. The normalized spacial score (nSPS) is 13.8. The van der Waals surface area contributed by atoms with E-state index in [0.29, 0.717) is 6.04 Å². The summed E-state index contributed by atoms with van der Waals surface area (Å²) in [6, 6.07) is 0.538. The molecule has 0 heterocycles. The summed E-state index contributed by atoms with van der Waals surface area (Å²) in [5.41, 5.74) is 0. The summed E-state index contributed by atoms with van der Waals surface area (Å²) >= 11 is 0. The Morgan fingerprint density at radius 1 is 1.00 bits per heavy atom. The van der Waals surface area contributed by atoms with Gasteiger partial charge >= 0.3 is 0 Å². The number of hydrogen-bond donors (Lipinski definition) is 1. The van der Waals surface area contributed by atoms with Gasteiger partial charge in [0.05, 0.1) is 0 Å². The lowest BCUT2D eigenvalue weighted by Gasteiger charge is -2.18. The molecule has 0 aromatic rings. The first kappa shape index (κ1) is 14.9. The van der Waals surface area contributed by atoms with Crippen LogP contribution in [0, 0.1) is 5.92 Å². The molecule has 0 saturated carbocycles. The molecule has 0 fully saturated rings. The van der Waals surface area contributed by atoms with Gasteiger partial charge in [-0.1, -0.05) is 26.7 Å². The van der Waals surface area contributed by atoms with Crippen LogP contribution in [0.2, 0.25) is 0 Å². The molecule has 3 heteroatoms. The highest BCUT2D eigenvalue weighted by molar-refractivity contribution is 4.62. The molecule has 92 valence electrons. The van der Waals surface area contributed by atoms with Crippen molar-refractivity contribution in [3.8, 4) is 0 Å². The Hall–Kier alpha value is -0.120. The van der Waals surface area contributed by atoms with Crippen molar-refractivity contribution in [1.29, 1.82) is 0 Å². The second kappa shape index (κ2) is 9.13. The lowest BCUT2D eigenvalue weighted by Crippen LogP contribution is -2.35. The molecule has 1 unspecified atom stereocenters. The van der Waals surface area contributed by atoms with E-state index in [1.165, 1.54) is 19.3 Å². The maximum absolute atomic E-state index is 5.11. The average molecular weight is 217 g/mol. The second-order valence-corrected chi connectivity index (χ2v) is 4.54. The van der Waals surface area contributed by atoms with E-state index in [1.807, 2.05) is 0 Å². The Morgan fingerprint density at radius 3 is 2.07 bits per heavy atom.